The number of hydrogen-bond acceptors (Lipinski definition) is 5. The molecular formula is C28H38N2O5SSi. The summed E-state index contributed by atoms with van der Waals surface area (Å²) in [6.45, 7) is 13.7. The quantitative estimate of drug-likeness (QED) is 0.188. The van der Waals surface area contributed by atoms with E-state index in [-0.39, 0.29) is 23.0 Å². The fourth-order valence-corrected chi connectivity index (χ4v) is 9.19. The summed E-state index contributed by atoms with van der Waals surface area (Å²) in [4.78, 5) is 27.4. The molecule has 1 N–H and O–H groups in total. The summed E-state index contributed by atoms with van der Waals surface area (Å²) in [6, 6.07) is 16.9. The molecule has 0 saturated carbocycles. The SMILES string of the molecule is C=CCCC[C@@]1(S(=O)(=O)c2ccccc2)C(=O)N([Si](C)(C)C(C)(C)C)[C@H]1NC(=O)COc1ccccc1. The molecule has 1 aliphatic rings. The number of sulfone groups is 1. The molecule has 2 aromatic rings. The lowest BCUT2D eigenvalue weighted by molar-refractivity contribution is -0.149. The lowest BCUT2D eigenvalue weighted by Crippen LogP contribution is -2.86. The van der Waals surface area contributed by atoms with Gasteiger partial charge in [0.15, 0.2) is 29.4 Å². The number of allylic oxidation sites excluding steroid dienone is 1. The van der Waals surface area contributed by atoms with Gasteiger partial charge in [0, 0.05) is 0 Å². The minimum Gasteiger partial charge on any atom is -0.484 e. The van der Waals surface area contributed by atoms with Gasteiger partial charge in [0.1, 0.15) is 11.9 Å². The van der Waals surface area contributed by atoms with E-state index in [9.17, 15) is 18.0 Å². The maximum Gasteiger partial charge on any atom is 0.259 e. The van der Waals surface area contributed by atoms with Gasteiger partial charge in [-0.3, -0.25) is 9.59 Å². The molecule has 2 aromatic carbocycles. The van der Waals surface area contributed by atoms with E-state index >= 15 is 0 Å². The van der Waals surface area contributed by atoms with Gasteiger partial charge in [-0.1, -0.05) is 76.3 Å². The Morgan fingerprint density at radius 1 is 1.11 bits per heavy atom. The Labute approximate surface area is 221 Å². The number of β-lactam (4-membered cyclic amide) rings is 1. The Kier molecular flexibility index (Phi) is 8.39. The largest absolute Gasteiger partial charge is 0.484 e. The van der Waals surface area contributed by atoms with E-state index in [1.165, 1.54) is 12.1 Å². The highest BCUT2D eigenvalue weighted by Gasteiger charge is 2.72. The number of hydrogen-bond donors (Lipinski definition) is 1. The first kappa shape index (κ1) is 28.7. The highest BCUT2D eigenvalue weighted by Crippen LogP contribution is 2.51. The van der Waals surface area contributed by atoms with Crippen LogP contribution in [-0.2, 0) is 19.4 Å². The standard InChI is InChI=1S/C28H38N2O5SSi/c1-7-8-15-20-28(36(33,34)23-18-13-10-14-19-23)25(30(26(28)32)37(5,6)27(2,3)4)29-24(31)21-35-22-16-11-9-12-17-22/h7,9-14,16-19,25H,1,8,15,20-21H2,2-6H3,(H,29,31)/t25-,28+/m1/s1. The topological polar surface area (TPSA) is 92.8 Å². The fourth-order valence-electron chi connectivity index (χ4n) is 4.52. The summed E-state index contributed by atoms with van der Waals surface area (Å²) in [6.07, 6.45) is 1.77. The zero-order valence-corrected chi connectivity index (χ0v) is 24.2. The van der Waals surface area contributed by atoms with Crippen LogP contribution in [0.25, 0.3) is 0 Å². The number of amides is 2. The normalized spacial score (nSPS) is 20.2. The molecule has 1 aliphatic heterocycles. The van der Waals surface area contributed by atoms with Crippen LogP contribution in [0, 0.1) is 0 Å². The highest BCUT2D eigenvalue weighted by molar-refractivity contribution is 7.93. The summed E-state index contributed by atoms with van der Waals surface area (Å²) in [7, 11) is -6.73. The third kappa shape index (κ3) is 5.24. The van der Waals surface area contributed by atoms with Crippen molar-refractivity contribution in [3.05, 3.63) is 73.3 Å². The van der Waals surface area contributed by atoms with E-state index in [4.69, 9.17) is 4.74 Å². The molecule has 3 rings (SSSR count). The molecule has 1 heterocycles. The first-order chi connectivity index (χ1) is 17.3. The van der Waals surface area contributed by atoms with E-state index in [0.717, 1.165) is 0 Å². The molecule has 0 aliphatic carbocycles. The average Bonchev–Trinajstić information content (AvgIpc) is 2.85. The summed E-state index contributed by atoms with van der Waals surface area (Å²) in [5, 5.41) is 2.64. The molecule has 2 amide bonds. The van der Waals surface area contributed by atoms with Crippen molar-refractivity contribution in [2.45, 2.75) is 74.0 Å². The van der Waals surface area contributed by atoms with E-state index in [0.29, 0.717) is 18.6 Å². The number of unbranched alkanes of at least 4 members (excludes halogenated alkanes) is 1. The molecule has 1 saturated heterocycles. The van der Waals surface area contributed by atoms with Crippen molar-refractivity contribution in [2.75, 3.05) is 6.61 Å². The Morgan fingerprint density at radius 3 is 2.22 bits per heavy atom. The molecule has 0 unspecified atom stereocenters. The first-order valence-corrected chi connectivity index (χ1v) is 17.0. The van der Waals surface area contributed by atoms with Gasteiger partial charge in [-0.2, -0.15) is 0 Å². The third-order valence-corrected chi connectivity index (χ3v) is 15.4. The Hall–Kier alpha value is -2.91. The smallest absolute Gasteiger partial charge is 0.259 e. The van der Waals surface area contributed by atoms with Crippen molar-refractivity contribution in [1.29, 1.82) is 0 Å². The number of carbonyl (C=O) groups is 2. The van der Waals surface area contributed by atoms with Crippen LogP contribution in [0.3, 0.4) is 0 Å². The second kappa shape index (κ2) is 10.8. The Bertz CT molecular complexity index is 1230. The number of rotatable bonds is 11. The van der Waals surface area contributed by atoms with Crippen molar-refractivity contribution < 1.29 is 22.7 Å². The summed E-state index contributed by atoms with van der Waals surface area (Å²) < 4.78 is 33.9. The van der Waals surface area contributed by atoms with Crippen molar-refractivity contribution in [3.63, 3.8) is 0 Å². The number of nitrogens with one attached hydrogen (secondary N) is 1. The number of para-hydroxylation sites is 1. The minimum absolute atomic E-state index is 0.0663. The molecule has 0 aromatic heterocycles. The summed E-state index contributed by atoms with van der Waals surface area (Å²) >= 11 is 0. The molecule has 2 atom stereocenters. The van der Waals surface area contributed by atoms with Gasteiger partial charge < -0.3 is 14.6 Å². The second-order valence-corrected chi connectivity index (χ2v) is 18.2. The van der Waals surface area contributed by atoms with Crippen LogP contribution in [-0.4, -0.2) is 50.6 Å². The molecule has 7 nitrogen and oxygen atoms in total. The minimum atomic E-state index is -4.15. The van der Waals surface area contributed by atoms with Crippen LogP contribution in [0.4, 0.5) is 0 Å². The number of nitrogens with zero attached hydrogens (tertiary/aromatic N) is 1. The predicted octanol–water partition coefficient (Wildman–Crippen LogP) is 4.92. The molecule has 0 radical (unpaired) electrons. The van der Waals surface area contributed by atoms with Gasteiger partial charge in [0.05, 0.1) is 4.90 Å². The molecule has 200 valence electrons. The Balaban J connectivity index is 2.06. The highest BCUT2D eigenvalue weighted by atomic mass is 32.2. The lowest BCUT2D eigenvalue weighted by Gasteiger charge is -2.62. The van der Waals surface area contributed by atoms with E-state index < -0.39 is 40.8 Å². The van der Waals surface area contributed by atoms with E-state index in [2.05, 4.69) is 11.9 Å². The van der Waals surface area contributed by atoms with Gasteiger partial charge in [0.2, 0.25) is 5.91 Å². The Morgan fingerprint density at radius 2 is 1.68 bits per heavy atom. The van der Waals surface area contributed by atoms with E-state index in [1.807, 2.05) is 39.9 Å². The van der Waals surface area contributed by atoms with Crippen molar-refractivity contribution in [3.8, 4) is 5.75 Å². The van der Waals surface area contributed by atoms with Crippen LogP contribution >= 0.6 is 0 Å². The maximum absolute atomic E-state index is 14.2. The third-order valence-electron chi connectivity index (χ3n) is 7.62. The zero-order chi connectivity index (χ0) is 27.5. The van der Waals surface area contributed by atoms with Crippen molar-refractivity contribution in [2.24, 2.45) is 0 Å². The van der Waals surface area contributed by atoms with Crippen LogP contribution in [0.5, 0.6) is 5.75 Å². The van der Waals surface area contributed by atoms with E-state index in [1.54, 1.807) is 53.1 Å². The summed E-state index contributed by atoms with van der Waals surface area (Å²) in [5.41, 5.74) is 0. The molecule has 1 fully saturated rings. The molecule has 37 heavy (non-hydrogen) atoms. The molecule has 0 bridgehead atoms. The van der Waals surface area contributed by atoms with Gasteiger partial charge >= 0.3 is 0 Å². The molecule has 0 spiro atoms. The monoisotopic (exact) mass is 542 g/mol. The van der Waals surface area contributed by atoms with Crippen molar-refractivity contribution in [1.82, 2.24) is 9.88 Å². The number of carbonyl (C=O) groups excluding carboxylic acids is 2. The van der Waals surface area contributed by atoms with Crippen LogP contribution in [0.1, 0.15) is 40.0 Å². The van der Waals surface area contributed by atoms with Gasteiger partial charge in [-0.25, -0.2) is 8.42 Å². The van der Waals surface area contributed by atoms with Crippen LogP contribution in [0.2, 0.25) is 18.1 Å². The first-order valence-electron chi connectivity index (χ1n) is 12.5. The number of ether oxygens (including phenoxy) is 1. The van der Waals surface area contributed by atoms with Crippen molar-refractivity contribution >= 4 is 29.9 Å². The molecular weight excluding hydrogens is 504 g/mol. The van der Waals surface area contributed by atoms with Gasteiger partial charge in [-0.15, -0.1) is 6.58 Å². The lowest BCUT2D eigenvalue weighted by atomic mass is 9.89. The predicted molar refractivity (Wildman–Crippen MR) is 148 cm³/mol. The number of benzene rings is 2. The molecule has 9 heteroatoms. The second-order valence-electron chi connectivity index (χ2n) is 10.9. The zero-order valence-electron chi connectivity index (χ0n) is 22.4. The van der Waals surface area contributed by atoms with Gasteiger partial charge in [0.25, 0.3) is 5.91 Å². The van der Waals surface area contributed by atoms with Crippen LogP contribution in [0.15, 0.2) is 78.2 Å². The maximum atomic E-state index is 14.2. The fraction of sp³-hybridized carbons (Fsp3) is 0.429. The van der Waals surface area contributed by atoms with Gasteiger partial charge in [-0.05, 0) is 48.6 Å². The van der Waals surface area contributed by atoms with Crippen LogP contribution < -0.4 is 10.1 Å². The summed E-state index contributed by atoms with van der Waals surface area (Å²) in [5.74, 6) is -0.402. The average molecular weight is 543 g/mol.